The fourth-order valence-corrected chi connectivity index (χ4v) is 2.90. The summed E-state index contributed by atoms with van der Waals surface area (Å²) in [6, 6.07) is 10.3. The summed E-state index contributed by atoms with van der Waals surface area (Å²) in [7, 11) is 0. The summed E-state index contributed by atoms with van der Waals surface area (Å²) in [5.74, 6) is -0.406. The topological polar surface area (TPSA) is 68.5 Å². The Labute approximate surface area is 130 Å². The zero-order valence-electron chi connectivity index (χ0n) is 12.8. The van der Waals surface area contributed by atoms with Crippen molar-refractivity contribution in [2.24, 2.45) is 5.73 Å². The Morgan fingerprint density at radius 1 is 1.45 bits per heavy atom. The van der Waals surface area contributed by atoms with Crippen LogP contribution in [-0.2, 0) is 16.0 Å². The Morgan fingerprint density at radius 3 is 3.05 bits per heavy atom. The smallest absolute Gasteiger partial charge is 0.248 e. The van der Waals surface area contributed by atoms with Crippen LogP contribution in [0.1, 0.15) is 19.0 Å². The standard InChI is InChI=1S/C17H21N3O2/c1-2-5-12-10-15(13-6-3-4-7-14(13)19-12)20-8-9-22-16(11-20)17(18)21/h3-4,6-7,10,16H,2,5,8-9,11H2,1H3,(H2,18,21). The Hall–Kier alpha value is -2.14. The maximum absolute atomic E-state index is 11.4. The fraction of sp³-hybridized carbons (Fsp3) is 0.412. The van der Waals surface area contributed by atoms with Gasteiger partial charge in [-0.25, -0.2) is 0 Å². The molecule has 1 amide bonds. The Bertz CT molecular complexity index is 687. The molecule has 2 heterocycles. The van der Waals surface area contributed by atoms with E-state index in [0.717, 1.165) is 41.7 Å². The molecule has 1 fully saturated rings. The third-order valence-electron chi connectivity index (χ3n) is 3.98. The Kier molecular flexibility index (Phi) is 4.24. The molecule has 1 atom stereocenters. The summed E-state index contributed by atoms with van der Waals surface area (Å²) in [4.78, 5) is 18.3. The molecule has 0 radical (unpaired) electrons. The van der Waals surface area contributed by atoms with Crippen molar-refractivity contribution in [2.75, 3.05) is 24.6 Å². The van der Waals surface area contributed by atoms with E-state index in [0.29, 0.717) is 13.2 Å². The maximum Gasteiger partial charge on any atom is 0.248 e. The van der Waals surface area contributed by atoms with Crippen LogP contribution in [0.15, 0.2) is 30.3 Å². The average Bonchev–Trinajstić information content (AvgIpc) is 2.54. The van der Waals surface area contributed by atoms with Crippen molar-refractivity contribution in [1.82, 2.24) is 4.98 Å². The first-order valence-corrected chi connectivity index (χ1v) is 7.73. The number of morpholine rings is 1. The molecule has 1 aromatic heterocycles. The molecule has 1 aliphatic heterocycles. The molecule has 2 N–H and O–H groups in total. The third kappa shape index (κ3) is 2.90. The van der Waals surface area contributed by atoms with Gasteiger partial charge in [0.05, 0.1) is 18.7 Å². The number of aryl methyl sites for hydroxylation is 1. The minimum absolute atomic E-state index is 0.406. The van der Waals surface area contributed by atoms with Crippen LogP contribution in [0, 0.1) is 0 Å². The largest absolute Gasteiger partial charge is 0.367 e. The van der Waals surface area contributed by atoms with E-state index in [1.807, 2.05) is 18.2 Å². The summed E-state index contributed by atoms with van der Waals surface area (Å²) in [6.45, 7) is 3.90. The number of fused-ring (bicyclic) bond motifs is 1. The number of benzene rings is 1. The first-order chi connectivity index (χ1) is 10.7. The van der Waals surface area contributed by atoms with Gasteiger partial charge in [-0.15, -0.1) is 0 Å². The molecule has 5 heteroatoms. The highest BCUT2D eigenvalue weighted by Gasteiger charge is 2.26. The highest BCUT2D eigenvalue weighted by molar-refractivity contribution is 5.92. The van der Waals surface area contributed by atoms with Crippen molar-refractivity contribution in [3.63, 3.8) is 0 Å². The molecule has 0 saturated carbocycles. The molecule has 116 valence electrons. The fourth-order valence-electron chi connectivity index (χ4n) is 2.90. The lowest BCUT2D eigenvalue weighted by Gasteiger charge is -2.34. The van der Waals surface area contributed by atoms with Gasteiger partial charge >= 0.3 is 0 Å². The highest BCUT2D eigenvalue weighted by atomic mass is 16.5. The summed E-state index contributed by atoms with van der Waals surface area (Å²) >= 11 is 0. The van der Waals surface area contributed by atoms with Gasteiger partial charge in [0.2, 0.25) is 5.91 Å². The minimum atomic E-state index is -0.546. The number of carbonyl (C=O) groups excluding carboxylic acids is 1. The number of amides is 1. The lowest BCUT2D eigenvalue weighted by molar-refractivity contribution is -0.130. The van der Waals surface area contributed by atoms with Gasteiger partial charge in [0.25, 0.3) is 0 Å². The first kappa shape index (κ1) is 14.8. The molecular formula is C17H21N3O2. The molecule has 1 aromatic carbocycles. The number of primary amides is 1. The van der Waals surface area contributed by atoms with E-state index >= 15 is 0 Å². The van der Waals surface area contributed by atoms with Crippen molar-refractivity contribution >= 4 is 22.5 Å². The van der Waals surface area contributed by atoms with Crippen molar-refractivity contribution in [1.29, 1.82) is 0 Å². The summed E-state index contributed by atoms with van der Waals surface area (Å²) < 4.78 is 5.45. The van der Waals surface area contributed by atoms with Crippen molar-refractivity contribution < 1.29 is 9.53 Å². The number of nitrogens with two attached hydrogens (primary N) is 1. The number of pyridine rings is 1. The number of ether oxygens (including phenoxy) is 1. The molecule has 22 heavy (non-hydrogen) atoms. The number of anilines is 1. The van der Waals surface area contributed by atoms with Crippen LogP contribution in [0.3, 0.4) is 0 Å². The van der Waals surface area contributed by atoms with E-state index in [1.165, 1.54) is 0 Å². The third-order valence-corrected chi connectivity index (χ3v) is 3.98. The molecule has 2 aromatic rings. The van der Waals surface area contributed by atoms with E-state index in [2.05, 4.69) is 24.0 Å². The molecule has 1 unspecified atom stereocenters. The number of para-hydroxylation sites is 1. The number of aromatic nitrogens is 1. The van der Waals surface area contributed by atoms with Gasteiger partial charge in [-0.1, -0.05) is 31.5 Å². The molecule has 3 rings (SSSR count). The van der Waals surface area contributed by atoms with Gasteiger partial charge in [0, 0.05) is 23.3 Å². The van der Waals surface area contributed by atoms with Crippen LogP contribution in [0.4, 0.5) is 5.69 Å². The number of rotatable bonds is 4. The summed E-state index contributed by atoms with van der Waals surface area (Å²) in [5.41, 5.74) is 8.58. The molecule has 5 nitrogen and oxygen atoms in total. The lowest BCUT2D eigenvalue weighted by Crippen LogP contribution is -2.48. The van der Waals surface area contributed by atoms with Crippen LogP contribution in [0.25, 0.3) is 10.9 Å². The molecule has 0 bridgehead atoms. The van der Waals surface area contributed by atoms with Gasteiger partial charge in [-0.05, 0) is 18.6 Å². The van der Waals surface area contributed by atoms with Gasteiger partial charge in [0.1, 0.15) is 0 Å². The number of hydrogen-bond acceptors (Lipinski definition) is 4. The van der Waals surface area contributed by atoms with E-state index in [4.69, 9.17) is 15.5 Å². The maximum atomic E-state index is 11.4. The van der Waals surface area contributed by atoms with Crippen molar-refractivity contribution in [3.8, 4) is 0 Å². The molecular weight excluding hydrogens is 278 g/mol. The predicted molar refractivity (Wildman–Crippen MR) is 86.9 cm³/mol. The monoisotopic (exact) mass is 299 g/mol. The SMILES string of the molecule is CCCc1cc(N2CCOC(C(N)=O)C2)c2ccccc2n1. The van der Waals surface area contributed by atoms with Gasteiger partial charge < -0.3 is 15.4 Å². The highest BCUT2D eigenvalue weighted by Crippen LogP contribution is 2.28. The second-order valence-corrected chi connectivity index (χ2v) is 5.61. The second kappa shape index (κ2) is 6.32. The minimum Gasteiger partial charge on any atom is -0.367 e. The summed E-state index contributed by atoms with van der Waals surface area (Å²) in [6.07, 6.45) is 1.45. The molecule has 1 saturated heterocycles. The van der Waals surface area contributed by atoms with E-state index < -0.39 is 12.0 Å². The van der Waals surface area contributed by atoms with Crippen LogP contribution < -0.4 is 10.6 Å². The average molecular weight is 299 g/mol. The zero-order valence-corrected chi connectivity index (χ0v) is 12.8. The van der Waals surface area contributed by atoms with Crippen LogP contribution in [-0.4, -0.2) is 36.7 Å². The Morgan fingerprint density at radius 2 is 2.27 bits per heavy atom. The molecule has 1 aliphatic rings. The quantitative estimate of drug-likeness (QED) is 0.936. The normalized spacial score (nSPS) is 18.6. The van der Waals surface area contributed by atoms with Crippen LogP contribution >= 0.6 is 0 Å². The van der Waals surface area contributed by atoms with Gasteiger partial charge in [-0.3, -0.25) is 9.78 Å². The van der Waals surface area contributed by atoms with Crippen LogP contribution in [0.2, 0.25) is 0 Å². The van der Waals surface area contributed by atoms with E-state index in [-0.39, 0.29) is 0 Å². The molecule has 0 spiro atoms. The van der Waals surface area contributed by atoms with Gasteiger partial charge in [-0.2, -0.15) is 0 Å². The first-order valence-electron chi connectivity index (χ1n) is 7.73. The van der Waals surface area contributed by atoms with Crippen molar-refractivity contribution in [3.05, 3.63) is 36.0 Å². The number of hydrogen-bond donors (Lipinski definition) is 1. The van der Waals surface area contributed by atoms with E-state index in [1.54, 1.807) is 0 Å². The number of nitrogens with zero attached hydrogens (tertiary/aromatic N) is 2. The Balaban J connectivity index is 2.02. The van der Waals surface area contributed by atoms with Gasteiger partial charge in [0.15, 0.2) is 6.10 Å². The van der Waals surface area contributed by atoms with Crippen molar-refractivity contribution in [2.45, 2.75) is 25.9 Å². The van der Waals surface area contributed by atoms with Crippen LogP contribution in [0.5, 0.6) is 0 Å². The predicted octanol–water partition coefficient (Wildman–Crippen LogP) is 1.88. The second-order valence-electron chi connectivity index (χ2n) is 5.61. The van der Waals surface area contributed by atoms with E-state index in [9.17, 15) is 4.79 Å². The number of carbonyl (C=O) groups is 1. The molecule has 0 aliphatic carbocycles. The lowest BCUT2D eigenvalue weighted by atomic mass is 10.1. The zero-order chi connectivity index (χ0) is 15.5. The summed E-state index contributed by atoms with van der Waals surface area (Å²) in [5, 5.41) is 1.10.